The molecule has 0 spiro atoms. The summed E-state index contributed by atoms with van der Waals surface area (Å²) in [4.78, 5) is 12.0. The zero-order valence-electron chi connectivity index (χ0n) is 10.7. The van der Waals surface area contributed by atoms with E-state index in [2.05, 4.69) is 4.74 Å². The Hall–Kier alpha value is -1.03. The molecule has 0 aliphatic heterocycles. The van der Waals surface area contributed by atoms with E-state index >= 15 is 0 Å². The molecular formula is C14H19FO2S. The molecule has 0 saturated heterocycles. The molecule has 1 rings (SSSR count). The van der Waals surface area contributed by atoms with Crippen LogP contribution in [0.25, 0.3) is 0 Å². The molecule has 1 aromatic carbocycles. The van der Waals surface area contributed by atoms with Crippen molar-refractivity contribution in [3.8, 4) is 0 Å². The molecule has 4 heteroatoms. The van der Waals surface area contributed by atoms with Crippen molar-refractivity contribution >= 4 is 17.7 Å². The Kier molecular flexibility index (Phi) is 7.49. The fourth-order valence-electron chi connectivity index (χ4n) is 1.55. The molecule has 100 valence electrons. The van der Waals surface area contributed by atoms with Crippen LogP contribution < -0.4 is 0 Å². The minimum atomic E-state index is -0.192. The largest absolute Gasteiger partial charge is 0.469 e. The highest BCUT2D eigenvalue weighted by Crippen LogP contribution is 2.20. The van der Waals surface area contributed by atoms with Gasteiger partial charge in [0.1, 0.15) is 5.82 Å². The number of unbranched alkanes of at least 4 members (excludes halogenated alkanes) is 3. The zero-order valence-corrected chi connectivity index (χ0v) is 11.5. The molecule has 0 N–H and O–H groups in total. The molecule has 0 atom stereocenters. The van der Waals surface area contributed by atoms with Gasteiger partial charge in [0.15, 0.2) is 0 Å². The highest BCUT2D eigenvalue weighted by Gasteiger charge is 1.99. The maximum absolute atomic E-state index is 12.7. The summed E-state index contributed by atoms with van der Waals surface area (Å²) >= 11 is 1.74. The first-order chi connectivity index (χ1) is 8.72. The first-order valence-electron chi connectivity index (χ1n) is 6.17. The Bertz CT molecular complexity index is 351. The first-order valence-corrected chi connectivity index (χ1v) is 7.16. The van der Waals surface area contributed by atoms with Gasteiger partial charge in [0.25, 0.3) is 0 Å². The summed E-state index contributed by atoms with van der Waals surface area (Å²) in [6.07, 6.45) is 4.70. The molecule has 0 bridgehead atoms. The van der Waals surface area contributed by atoms with Gasteiger partial charge in [-0.3, -0.25) is 4.79 Å². The molecule has 0 saturated carbocycles. The molecule has 0 radical (unpaired) electrons. The average Bonchev–Trinajstić information content (AvgIpc) is 2.39. The highest BCUT2D eigenvalue weighted by atomic mass is 32.2. The van der Waals surface area contributed by atoms with E-state index in [0.29, 0.717) is 6.42 Å². The van der Waals surface area contributed by atoms with Gasteiger partial charge in [0.2, 0.25) is 0 Å². The fraction of sp³-hybridized carbons (Fsp3) is 0.500. The standard InChI is InChI=1S/C14H19FO2S/c1-17-14(16)6-4-2-3-5-11-18-13-9-7-12(15)8-10-13/h7-10H,2-6,11H2,1H3. The molecule has 0 aromatic heterocycles. The van der Waals surface area contributed by atoms with Gasteiger partial charge >= 0.3 is 5.97 Å². The van der Waals surface area contributed by atoms with Crippen molar-refractivity contribution in [1.82, 2.24) is 0 Å². The minimum absolute atomic E-state index is 0.129. The highest BCUT2D eigenvalue weighted by molar-refractivity contribution is 7.99. The van der Waals surface area contributed by atoms with E-state index in [1.54, 1.807) is 23.9 Å². The monoisotopic (exact) mass is 270 g/mol. The van der Waals surface area contributed by atoms with Crippen LogP contribution in [0, 0.1) is 5.82 Å². The van der Waals surface area contributed by atoms with Crippen LogP contribution >= 0.6 is 11.8 Å². The molecular weight excluding hydrogens is 251 g/mol. The van der Waals surface area contributed by atoms with E-state index in [0.717, 1.165) is 36.3 Å². The van der Waals surface area contributed by atoms with Crippen molar-refractivity contribution in [2.45, 2.75) is 37.0 Å². The number of hydrogen-bond acceptors (Lipinski definition) is 3. The third kappa shape index (κ3) is 6.64. The van der Waals surface area contributed by atoms with Crippen LogP contribution in [0.1, 0.15) is 32.1 Å². The van der Waals surface area contributed by atoms with Gasteiger partial charge in [0, 0.05) is 11.3 Å². The third-order valence-electron chi connectivity index (χ3n) is 2.59. The van der Waals surface area contributed by atoms with Crippen molar-refractivity contribution in [2.75, 3.05) is 12.9 Å². The molecule has 0 aliphatic carbocycles. The second-order valence-electron chi connectivity index (χ2n) is 4.04. The number of benzene rings is 1. The maximum atomic E-state index is 12.7. The third-order valence-corrected chi connectivity index (χ3v) is 3.68. The first kappa shape index (κ1) is 15.0. The average molecular weight is 270 g/mol. The van der Waals surface area contributed by atoms with Crippen molar-refractivity contribution in [2.24, 2.45) is 0 Å². The van der Waals surface area contributed by atoms with Crippen LogP contribution in [0.15, 0.2) is 29.2 Å². The summed E-state index contributed by atoms with van der Waals surface area (Å²) in [5, 5.41) is 0. The summed E-state index contributed by atoms with van der Waals surface area (Å²) in [6, 6.07) is 6.58. The van der Waals surface area contributed by atoms with Crippen molar-refractivity contribution in [1.29, 1.82) is 0 Å². The van der Waals surface area contributed by atoms with Gasteiger partial charge in [-0.05, 0) is 42.9 Å². The summed E-state index contributed by atoms with van der Waals surface area (Å²) in [5.41, 5.74) is 0. The zero-order chi connectivity index (χ0) is 13.2. The lowest BCUT2D eigenvalue weighted by atomic mass is 10.1. The van der Waals surface area contributed by atoms with Crippen LogP contribution in [0.3, 0.4) is 0 Å². The van der Waals surface area contributed by atoms with Gasteiger partial charge in [-0.25, -0.2) is 4.39 Å². The topological polar surface area (TPSA) is 26.3 Å². The number of esters is 1. The van der Waals surface area contributed by atoms with Crippen LogP contribution in [-0.2, 0) is 9.53 Å². The van der Waals surface area contributed by atoms with Gasteiger partial charge in [-0.1, -0.05) is 12.8 Å². The second-order valence-corrected chi connectivity index (χ2v) is 5.21. The Balaban J connectivity index is 1.99. The maximum Gasteiger partial charge on any atom is 0.305 e. The summed E-state index contributed by atoms with van der Waals surface area (Å²) in [6.45, 7) is 0. The van der Waals surface area contributed by atoms with Gasteiger partial charge in [-0.2, -0.15) is 0 Å². The van der Waals surface area contributed by atoms with Crippen molar-refractivity contribution < 1.29 is 13.9 Å². The molecule has 2 nitrogen and oxygen atoms in total. The van der Waals surface area contributed by atoms with E-state index < -0.39 is 0 Å². The fourth-order valence-corrected chi connectivity index (χ4v) is 2.46. The molecule has 0 amide bonds. The molecule has 0 unspecified atom stereocenters. The molecule has 0 heterocycles. The van der Waals surface area contributed by atoms with Gasteiger partial charge in [0.05, 0.1) is 7.11 Å². The quantitative estimate of drug-likeness (QED) is 0.405. The van der Waals surface area contributed by atoms with Crippen LogP contribution in [-0.4, -0.2) is 18.8 Å². The number of thioether (sulfide) groups is 1. The molecule has 1 aromatic rings. The van der Waals surface area contributed by atoms with Crippen LogP contribution in [0.2, 0.25) is 0 Å². The van der Waals surface area contributed by atoms with E-state index in [4.69, 9.17) is 0 Å². The number of rotatable bonds is 8. The Morgan fingerprint density at radius 2 is 1.83 bits per heavy atom. The smallest absolute Gasteiger partial charge is 0.305 e. The van der Waals surface area contributed by atoms with E-state index in [-0.39, 0.29) is 11.8 Å². The second kappa shape index (κ2) is 8.97. The lowest BCUT2D eigenvalue weighted by Crippen LogP contribution is -1.99. The number of halogens is 1. The van der Waals surface area contributed by atoms with Crippen LogP contribution in [0.5, 0.6) is 0 Å². The van der Waals surface area contributed by atoms with Crippen LogP contribution in [0.4, 0.5) is 4.39 Å². The van der Waals surface area contributed by atoms with Crippen molar-refractivity contribution in [3.63, 3.8) is 0 Å². The number of hydrogen-bond donors (Lipinski definition) is 0. The molecule has 0 fully saturated rings. The predicted octanol–water partition coefficient (Wildman–Crippen LogP) is 4.04. The van der Waals surface area contributed by atoms with E-state index in [1.165, 1.54) is 19.2 Å². The summed E-state index contributed by atoms with van der Waals surface area (Å²) in [5.74, 6) is 0.710. The number of ether oxygens (including phenoxy) is 1. The number of carbonyl (C=O) groups excluding carboxylic acids is 1. The lowest BCUT2D eigenvalue weighted by molar-refractivity contribution is -0.140. The summed E-state index contributed by atoms with van der Waals surface area (Å²) < 4.78 is 17.2. The Labute approximate surface area is 112 Å². The summed E-state index contributed by atoms with van der Waals surface area (Å²) in [7, 11) is 1.42. The Morgan fingerprint density at radius 1 is 1.17 bits per heavy atom. The molecule has 18 heavy (non-hydrogen) atoms. The van der Waals surface area contributed by atoms with Crippen molar-refractivity contribution in [3.05, 3.63) is 30.1 Å². The van der Waals surface area contributed by atoms with Gasteiger partial charge in [-0.15, -0.1) is 11.8 Å². The number of methoxy groups -OCH3 is 1. The van der Waals surface area contributed by atoms with E-state index in [9.17, 15) is 9.18 Å². The number of carbonyl (C=O) groups is 1. The minimum Gasteiger partial charge on any atom is -0.469 e. The van der Waals surface area contributed by atoms with Gasteiger partial charge < -0.3 is 4.74 Å². The molecule has 0 aliphatic rings. The predicted molar refractivity (Wildman–Crippen MR) is 72.2 cm³/mol. The normalized spacial score (nSPS) is 10.3. The SMILES string of the molecule is COC(=O)CCCCCCSc1ccc(F)cc1. The van der Waals surface area contributed by atoms with E-state index in [1.807, 2.05) is 0 Å². The Morgan fingerprint density at radius 3 is 2.50 bits per heavy atom. The lowest BCUT2D eigenvalue weighted by Gasteiger charge is -2.02.